The molecule has 0 spiro atoms. The van der Waals surface area contributed by atoms with Crippen molar-refractivity contribution in [1.82, 2.24) is 4.90 Å². The van der Waals surface area contributed by atoms with E-state index in [-0.39, 0.29) is 16.6 Å². The minimum absolute atomic E-state index is 0.0906. The maximum atomic E-state index is 11.7. The first-order valence-electron chi connectivity index (χ1n) is 5.24. The smallest absolute Gasteiger partial charge is 0.223 e. The van der Waals surface area contributed by atoms with Crippen molar-refractivity contribution in [3.63, 3.8) is 0 Å². The van der Waals surface area contributed by atoms with Crippen LogP contribution in [-0.4, -0.2) is 33.8 Å². The van der Waals surface area contributed by atoms with Gasteiger partial charge in [0.25, 0.3) is 0 Å². The summed E-state index contributed by atoms with van der Waals surface area (Å²) in [6.07, 6.45) is 0.595. The third kappa shape index (κ3) is 3.52. The van der Waals surface area contributed by atoms with Gasteiger partial charge in [0.1, 0.15) is 0 Å². The molecule has 4 heteroatoms. The number of carbonyl (C=O) groups excluding carboxylic acids is 2. The van der Waals surface area contributed by atoms with Crippen molar-refractivity contribution in [2.75, 3.05) is 12.3 Å². The van der Waals surface area contributed by atoms with Gasteiger partial charge in [-0.05, 0) is 26.7 Å². The Balaban J connectivity index is 2.49. The summed E-state index contributed by atoms with van der Waals surface area (Å²) in [5.41, 5.74) is -0.0906. The molecule has 0 saturated carbocycles. The standard InChI is InChI=1S/C11H19NO2S/c1-8(13)15-7-9-5-10(14)12(6-9)11(2,3)4/h9H,5-7H2,1-4H3. The first-order valence-corrected chi connectivity index (χ1v) is 6.23. The van der Waals surface area contributed by atoms with E-state index in [1.165, 1.54) is 11.8 Å². The summed E-state index contributed by atoms with van der Waals surface area (Å²) in [6, 6.07) is 0. The largest absolute Gasteiger partial charge is 0.338 e. The summed E-state index contributed by atoms with van der Waals surface area (Å²) in [5.74, 6) is 1.33. The topological polar surface area (TPSA) is 37.4 Å². The average molecular weight is 229 g/mol. The van der Waals surface area contributed by atoms with Gasteiger partial charge in [-0.15, -0.1) is 0 Å². The molecule has 1 heterocycles. The van der Waals surface area contributed by atoms with Crippen molar-refractivity contribution in [3.05, 3.63) is 0 Å². The molecule has 0 aromatic heterocycles. The lowest BCUT2D eigenvalue weighted by Crippen LogP contribution is -2.42. The Morgan fingerprint density at radius 1 is 1.53 bits per heavy atom. The van der Waals surface area contributed by atoms with E-state index in [0.29, 0.717) is 12.3 Å². The Hall–Kier alpha value is -0.510. The van der Waals surface area contributed by atoms with Crippen molar-refractivity contribution >= 4 is 22.8 Å². The van der Waals surface area contributed by atoms with Crippen LogP contribution in [0.3, 0.4) is 0 Å². The summed E-state index contributed by atoms with van der Waals surface area (Å²) >= 11 is 1.33. The van der Waals surface area contributed by atoms with E-state index in [1.807, 2.05) is 25.7 Å². The van der Waals surface area contributed by atoms with E-state index in [0.717, 1.165) is 12.3 Å². The maximum Gasteiger partial charge on any atom is 0.223 e. The molecule has 1 aliphatic heterocycles. The van der Waals surface area contributed by atoms with E-state index in [4.69, 9.17) is 0 Å². The third-order valence-corrected chi connectivity index (χ3v) is 3.58. The summed E-state index contributed by atoms with van der Waals surface area (Å²) in [7, 11) is 0. The lowest BCUT2D eigenvalue weighted by Gasteiger charge is -2.32. The molecule has 0 bridgehead atoms. The molecule has 1 aliphatic rings. The zero-order valence-electron chi connectivity index (χ0n) is 9.87. The highest BCUT2D eigenvalue weighted by Gasteiger charge is 2.35. The Kier molecular flexibility index (Phi) is 3.82. The fourth-order valence-electron chi connectivity index (χ4n) is 1.78. The van der Waals surface area contributed by atoms with E-state index in [1.54, 1.807) is 6.92 Å². The second kappa shape index (κ2) is 4.56. The van der Waals surface area contributed by atoms with E-state index < -0.39 is 0 Å². The molecule has 15 heavy (non-hydrogen) atoms. The number of amides is 1. The second-order valence-corrected chi connectivity index (χ2v) is 6.24. The Morgan fingerprint density at radius 3 is 2.53 bits per heavy atom. The van der Waals surface area contributed by atoms with E-state index in [9.17, 15) is 9.59 Å². The average Bonchev–Trinajstić information content (AvgIpc) is 2.42. The van der Waals surface area contributed by atoms with Crippen LogP contribution in [0.15, 0.2) is 0 Å². The molecule has 0 aromatic carbocycles. The molecule has 1 rings (SSSR count). The number of hydrogen-bond acceptors (Lipinski definition) is 3. The van der Waals surface area contributed by atoms with Crippen molar-refractivity contribution < 1.29 is 9.59 Å². The van der Waals surface area contributed by atoms with Gasteiger partial charge >= 0.3 is 0 Å². The molecule has 1 unspecified atom stereocenters. The van der Waals surface area contributed by atoms with Crippen molar-refractivity contribution in [2.24, 2.45) is 5.92 Å². The predicted octanol–water partition coefficient (Wildman–Crippen LogP) is 1.91. The molecule has 0 radical (unpaired) electrons. The zero-order chi connectivity index (χ0) is 11.6. The van der Waals surface area contributed by atoms with Gasteiger partial charge in [0.15, 0.2) is 5.12 Å². The van der Waals surface area contributed by atoms with E-state index >= 15 is 0 Å². The molecule has 0 N–H and O–H groups in total. The normalized spacial score (nSPS) is 22.3. The van der Waals surface area contributed by atoms with Gasteiger partial charge < -0.3 is 4.90 Å². The Labute approximate surface area is 95.6 Å². The van der Waals surface area contributed by atoms with Gasteiger partial charge in [-0.25, -0.2) is 0 Å². The van der Waals surface area contributed by atoms with Crippen LogP contribution in [0, 0.1) is 5.92 Å². The predicted molar refractivity (Wildman–Crippen MR) is 62.7 cm³/mol. The number of rotatable bonds is 2. The molecule has 1 fully saturated rings. The van der Waals surface area contributed by atoms with Gasteiger partial charge in [0, 0.05) is 31.2 Å². The minimum atomic E-state index is -0.0906. The number of likely N-dealkylation sites (tertiary alicyclic amines) is 1. The van der Waals surface area contributed by atoms with Crippen LogP contribution in [0.25, 0.3) is 0 Å². The van der Waals surface area contributed by atoms with Crippen LogP contribution >= 0.6 is 11.8 Å². The van der Waals surface area contributed by atoms with Gasteiger partial charge in [-0.3, -0.25) is 9.59 Å². The highest BCUT2D eigenvalue weighted by Crippen LogP contribution is 2.27. The van der Waals surface area contributed by atoms with Gasteiger partial charge in [0.2, 0.25) is 5.91 Å². The Morgan fingerprint density at radius 2 is 2.13 bits per heavy atom. The molecule has 0 aliphatic carbocycles. The van der Waals surface area contributed by atoms with Gasteiger partial charge in [0.05, 0.1) is 0 Å². The highest BCUT2D eigenvalue weighted by atomic mass is 32.2. The van der Waals surface area contributed by atoms with Crippen LogP contribution in [0.2, 0.25) is 0 Å². The SMILES string of the molecule is CC(=O)SCC1CC(=O)N(C(C)(C)C)C1. The van der Waals surface area contributed by atoms with Crippen molar-refractivity contribution in [1.29, 1.82) is 0 Å². The highest BCUT2D eigenvalue weighted by molar-refractivity contribution is 8.13. The third-order valence-electron chi connectivity index (χ3n) is 2.54. The van der Waals surface area contributed by atoms with Crippen LogP contribution in [0.1, 0.15) is 34.1 Å². The monoisotopic (exact) mass is 229 g/mol. The molecular formula is C11H19NO2S. The first kappa shape index (κ1) is 12.6. The summed E-state index contributed by atoms with van der Waals surface area (Å²) in [4.78, 5) is 24.4. The molecule has 86 valence electrons. The molecule has 1 atom stereocenters. The Bertz CT molecular complexity index is 270. The van der Waals surface area contributed by atoms with Crippen LogP contribution in [0.5, 0.6) is 0 Å². The maximum absolute atomic E-state index is 11.7. The number of carbonyl (C=O) groups is 2. The van der Waals surface area contributed by atoms with Crippen LogP contribution < -0.4 is 0 Å². The summed E-state index contributed by atoms with van der Waals surface area (Å²) in [5, 5.41) is 0.136. The molecule has 0 aromatic rings. The molecule has 3 nitrogen and oxygen atoms in total. The number of nitrogens with zero attached hydrogens (tertiary/aromatic N) is 1. The molecule has 1 saturated heterocycles. The van der Waals surface area contributed by atoms with E-state index in [2.05, 4.69) is 0 Å². The van der Waals surface area contributed by atoms with Crippen molar-refractivity contribution in [3.8, 4) is 0 Å². The fraction of sp³-hybridized carbons (Fsp3) is 0.818. The van der Waals surface area contributed by atoms with Crippen LogP contribution in [0.4, 0.5) is 0 Å². The summed E-state index contributed by atoms with van der Waals surface area (Å²) in [6.45, 7) is 8.51. The molecular weight excluding hydrogens is 210 g/mol. The lowest BCUT2D eigenvalue weighted by atomic mass is 10.1. The minimum Gasteiger partial charge on any atom is -0.338 e. The van der Waals surface area contributed by atoms with Crippen molar-refractivity contribution in [2.45, 2.75) is 39.7 Å². The quantitative estimate of drug-likeness (QED) is 0.726. The fourth-order valence-corrected chi connectivity index (χ4v) is 2.47. The van der Waals surface area contributed by atoms with Crippen LogP contribution in [-0.2, 0) is 9.59 Å². The summed E-state index contributed by atoms with van der Waals surface area (Å²) < 4.78 is 0. The number of thioether (sulfide) groups is 1. The first-order chi connectivity index (χ1) is 6.80. The zero-order valence-corrected chi connectivity index (χ0v) is 10.7. The lowest BCUT2D eigenvalue weighted by molar-refractivity contribution is -0.131. The van der Waals surface area contributed by atoms with Gasteiger partial charge in [-0.1, -0.05) is 11.8 Å². The van der Waals surface area contributed by atoms with Gasteiger partial charge in [-0.2, -0.15) is 0 Å². The second-order valence-electron chi connectivity index (χ2n) is 5.05. The molecule has 1 amide bonds. The number of hydrogen-bond donors (Lipinski definition) is 0.